The maximum atomic E-state index is 14.0. The number of carbonyl (C=O) groups excluding carboxylic acids is 9. The highest BCUT2D eigenvalue weighted by Crippen LogP contribution is 2.32. The molecule has 18 heteroatoms. The summed E-state index contributed by atoms with van der Waals surface area (Å²) in [6.45, 7) is 10.9. The predicted molar refractivity (Wildman–Crippen MR) is 240 cm³/mol. The van der Waals surface area contributed by atoms with E-state index in [0.717, 1.165) is 0 Å². The topological polar surface area (TPSA) is 267 Å². The molecule has 18 nitrogen and oxygen atoms in total. The molecule has 1 heterocycles. The van der Waals surface area contributed by atoms with Gasteiger partial charge in [0.1, 0.15) is 30.2 Å². The zero-order valence-electron chi connectivity index (χ0n) is 37.8. The third-order valence-corrected chi connectivity index (χ3v) is 11.1. The van der Waals surface area contributed by atoms with Crippen molar-refractivity contribution in [2.24, 2.45) is 11.7 Å². The minimum Gasteiger partial charge on any atom is -0.384 e. The smallest absolute Gasteiger partial charge is 0.245 e. The molecule has 348 valence electrons. The number of rotatable bonds is 23. The fraction of sp³-hybridized carbons (Fsp3) is 0.543. The van der Waals surface area contributed by atoms with Gasteiger partial charge in [-0.3, -0.25) is 43.2 Å². The van der Waals surface area contributed by atoms with Gasteiger partial charge >= 0.3 is 0 Å². The average Bonchev–Trinajstić information content (AvgIpc) is 3.76. The number of carbonyl (C=O) groups is 9. The second-order valence-electron chi connectivity index (χ2n) is 16.9. The minimum atomic E-state index is -1.03. The van der Waals surface area contributed by atoms with Crippen molar-refractivity contribution in [3.05, 3.63) is 64.7 Å². The van der Waals surface area contributed by atoms with Crippen LogP contribution in [0.5, 0.6) is 0 Å². The Morgan fingerprint density at radius 2 is 1.33 bits per heavy atom. The largest absolute Gasteiger partial charge is 0.384 e. The lowest BCUT2D eigenvalue weighted by atomic mass is 9.83. The van der Waals surface area contributed by atoms with E-state index >= 15 is 0 Å². The average molecular weight is 888 g/mol. The van der Waals surface area contributed by atoms with Crippen molar-refractivity contribution in [3.8, 4) is 0 Å². The quantitative estimate of drug-likeness (QED) is 0.0632. The molecule has 1 aliphatic carbocycles. The summed E-state index contributed by atoms with van der Waals surface area (Å²) in [7, 11) is 0. The maximum absolute atomic E-state index is 14.0. The number of ketones is 2. The lowest BCUT2D eigenvalue weighted by molar-refractivity contribution is -0.141. The summed E-state index contributed by atoms with van der Waals surface area (Å²) in [5.74, 6) is -4.16. The Balaban J connectivity index is 1.28. The molecule has 0 saturated carbocycles. The molecule has 4 rings (SSSR count). The van der Waals surface area contributed by atoms with Crippen molar-refractivity contribution in [2.45, 2.75) is 129 Å². The first kappa shape index (κ1) is 50.5. The van der Waals surface area contributed by atoms with Crippen LogP contribution in [-0.4, -0.2) is 120 Å². The first-order valence-corrected chi connectivity index (χ1v) is 22.4. The van der Waals surface area contributed by atoms with Crippen molar-refractivity contribution in [3.63, 3.8) is 0 Å². The number of anilines is 1. The Hall–Kier alpha value is -6.17. The molecule has 1 aliphatic heterocycles. The SMILES string of the molecule is CCC[C@H](NC(=O)[C@H](C)NC(=O)[C@H](C)N)C(=O)N[C@@H](CCC)C(=O)NCC(=O)N[C@@H](CC(C)C)C(=O)N1CCC[C@H]1C(=O)NCCCNc1cccc2c1C(=O)c1ccccc1C2=O. The van der Waals surface area contributed by atoms with Gasteiger partial charge in [0.15, 0.2) is 11.6 Å². The summed E-state index contributed by atoms with van der Waals surface area (Å²) in [4.78, 5) is 120. The minimum absolute atomic E-state index is 0.00575. The number of likely N-dealkylation sites (tertiary alicyclic amines) is 1. The van der Waals surface area contributed by atoms with Crippen LogP contribution < -0.4 is 43.0 Å². The lowest BCUT2D eigenvalue weighted by Crippen LogP contribution is -2.57. The molecule has 9 N–H and O–H groups in total. The van der Waals surface area contributed by atoms with Crippen molar-refractivity contribution in [2.75, 3.05) is 31.5 Å². The van der Waals surface area contributed by atoms with Crippen LogP contribution in [0.1, 0.15) is 125 Å². The number of nitrogens with zero attached hydrogens (tertiary/aromatic N) is 1. The predicted octanol–water partition coefficient (Wildman–Crippen LogP) is 1.44. The van der Waals surface area contributed by atoms with Gasteiger partial charge in [-0.2, -0.15) is 0 Å². The van der Waals surface area contributed by atoms with Gasteiger partial charge in [0.25, 0.3) is 0 Å². The van der Waals surface area contributed by atoms with Gasteiger partial charge in [-0.05, 0) is 64.4 Å². The highest BCUT2D eigenvalue weighted by atomic mass is 16.2. The highest BCUT2D eigenvalue weighted by Gasteiger charge is 2.38. The molecule has 7 amide bonds. The molecule has 2 aliphatic rings. The number of nitrogens with one attached hydrogen (secondary N) is 7. The van der Waals surface area contributed by atoms with Gasteiger partial charge in [0.05, 0.1) is 18.2 Å². The molecule has 1 fully saturated rings. The molecular formula is C46H65N9O9. The van der Waals surface area contributed by atoms with Gasteiger partial charge in [-0.1, -0.05) is 76.9 Å². The molecule has 2 aromatic carbocycles. The second-order valence-corrected chi connectivity index (χ2v) is 16.9. The third kappa shape index (κ3) is 13.4. The van der Waals surface area contributed by atoms with Gasteiger partial charge in [0.2, 0.25) is 41.4 Å². The van der Waals surface area contributed by atoms with E-state index in [4.69, 9.17) is 5.73 Å². The van der Waals surface area contributed by atoms with Gasteiger partial charge in [-0.25, -0.2) is 0 Å². The number of nitrogens with two attached hydrogens (primary N) is 1. The Morgan fingerprint density at radius 1 is 0.703 bits per heavy atom. The summed E-state index contributed by atoms with van der Waals surface area (Å²) in [6.07, 6.45) is 3.35. The number of benzene rings is 2. The summed E-state index contributed by atoms with van der Waals surface area (Å²) in [5.41, 5.74) is 7.51. The number of fused-ring (bicyclic) bond motifs is 2. The highest BCUT2D eigenvalue weighted by molar-refractivity contribution is 6.30. The summed E-state index contributed by atoms with van der Waals surface area (Å²) in [5, 5.41) is 19.3. The molecule has 0 aromatic heterocycles. The molecule has 1 saturated heterocycles. The molecule has 0 unspecified atom stereocenters. The van der Waals surface area contributed by atoms with E-state index in [-0.39, 0.29) is 49.2 Å². The van der Waals surface area contributed by atoms with Crippen LogP contribution in [0, 0.1) is 5.92 Å². The van der Waals surface area contributed by atoms with Crippen LogP contribution in [0.15, 0.2) is 42.5 Å². The van der Waals surface area contributed by atoms with Gasteiger partial charge in [0, 0.05) is 42.0 Å². The van der Waals surface area contributed by atoms with Crippen LogP contribution in [0.4, 0.5) is 5.69 Å². The normalized spacial score (nSPS) is 16.6. The van der Waals surface area contributed by atoms with Gasteiger partial charge < -0.3 is 47.9 Å². The Kier molecular flexibility index (Phi) is 19.0. The van der Waals surface area contributed by atoms with E-state index in [1.54, 1.807) is 42.5 Å². The second kappa shape index (κ2) is 24.0. The zero-order valence-corrected chi connectivity index (χ0v) is 37.8. The van der Waals surface area contributed by atoms with E-state index in [1.165, 1.54) is 18.7 Å². The van der Waals surface area contributed by atoms with Crippen molar-refractivity contribution >= 4 is 58.6 Å². The number of hydrogen-bond acceptors (Lipinski definition) is 11. The van der Waals surface area contributed by atoms with Crippen molar-refractivity contribution in [1.82, 2.24) is 36.8 Å². The van der Waals surface area contributed by atoms with E-state index in [2.05, 4.69) is 37.2 Å². The van der Waals surface area contributed by atoms with E-state index in [1.807, 2.05) is 27.7 Å². The van der Waals surface area contributed by atoms with E-state index < -0.39 is 78.2 Å². The van der Waals surface area contributed by atoms with Crippen LogP contribution in [-0.2, 0) is 33.6 Å². The molecule has 0 radical (unpaired) electrons. The standard InChI is InChI=1S/C46H65N9O9/c1-7-14-33(54-44(62)34(15-8-2)53-42(60)28(6)51-41(59)27(5)47)43(61)50-25-37(56)52-35(24-26(3)4)46(64)55-23-12-20-36(55)45(63)49-22-13-21-48-32-19-11-18-31-38(32)40(58)30-17-10-9-16-29(30)39(31)57/h9-11,16-19,26-28,33-36,48H,7-8,12-15,20-25,47H2,1-6H3,(H,49,63)(H,50,61)(H,51,59)(H,52,56)(H,53,60)(H,54,62)/t27-,28-,33-,34-,35-,36-/m0/s1. The monoisotopic (exact) mass is 887 g/mol. The fourth-order valence-corrected chi connectivity index (χ4v) is 7.76. The first-order chi connectivity index (χ1) is 30.5. The van der Waals surface area contributed by atoms with Crippen LogP contribution in [0.2, 0.25) is 0 Å². The Bertz CT molecular complexity index is 2060. The number of hydrogen-bond donors (Lipinski definition) is 8. The summed E-state index contributed by atoms with van der Waals surface area (Å²) < 4.78 is 0. The molecule has 0 spiro atoms. The first-order valence-electron chi connectivity index (χ1n) is 22.4. The fourth-order valence-electron chi connectivity index (χ4n) is 7.76. The van der Waals surface area contributed by atoms with Crippen LogP contribution >= 0.6 is 0 Å². The van der Waals surface area contributed by atoms with Crippen molar-refractivity contribution in [1.29, 1.82) is 0 Å². The summed E-state index contributed by atoms with van der Waals surface area (Å²) in [6, 6.07) is 6.32. The summed E-state index contributed by atoms with van der Waals surface area (Å²) >= 11 is 0. The Labute approximate surface area is 374 Å². The lowest BCUT2D eigenvalue weighted by Gasteiger charge is -2.29. The van der Waals surface area contributed by atoms with E-state index in [9.17, 15) is 43.2 Å². The van der Waals surface area contributed by atoms with Crippen molar-refractivity contribution < 1.29 is 43.2 Å². The molecular weight excluding hydrogens is 823 g/mol. The maximum Gasteiger partial charge on any atom is 0.245 e. The Morgan fingerprint density at radius 3 is 1.97 bits per heavy atom. The third-order valence-electron chi connectivity index (χ3n) is 11.1. The van der Waals surface area contributed by atoms with Gasteiger partial charge in [-0.15, -0.1) is 0 Å². The molecule has 6 atom stereocenters. The van der Waals surface area contributed by atoms with Crippen LogP contribution in [0.25, 0.3) is 0 Å². The molecule has 2 aromatic rings. The number of amides is 7. The van der Waals surface area contributed by atoms with E-state index in [0.29, 0.717) is 73.1 Å². The zero-order chi connectivity index (χ0) is 47.1. The molecule has 0 bridgehead atoms. The molecule has 64 heavy (non-hydrogen) atoms. The van der Waals surface area contributed by atoms with Crippen LogP contribution in [0.3, 0.4) is 0 Å².